The predicted molar refractivity (Wildman–Crippen MR) is 115 cm³/mol. The maximum absolute atomic E-state index is 13.2. The Bertz CT molecular complexity index is 1310. The Morgan fingerprint density at radius 2 is 1.94 bits per heavy atom. The average Bonchev–Trinajstić information content (AvgIpc) is 3.04. The number of aromatic hydroxyl groups is 1. The van der Waals surface area contributed by atoms with Gasteiger partial charge in [-0.15, -0.1) is 0 Å². The van der Waals surface area contributed by atoms with Crippen LogP contribution in [0.2, 0.25) is 0 Å². The zero-order chi connectivity index (χ0) is 22.5. The van der Waals surface area contributed by atoms with Gasteiger partial charge in [0.2, 0.25) is 0 Å². The minimum absolute atomic E-state index is 0.0573. The van der Waals surface area contributed by atoms with Crippen LogP contribution in [0, 0.1) is 5.82 Å². The normalized spacial score (nSPS) is 13.7. The Balaban J connectivity index is 1.96. The van der Waals surface area contributed by atoms with E-state index in [4.69, 9.17) is 0 Å². The number of nitrogens with zero attached hydrogens (tertiary/aromatic N) is 3. The third-order valence-electron chi connectivity index (χ3n) is 5.46. The number of carbonyl (C=O) groups excluding carboxylic acids is 1. The smallest absolute Gasteiger partial charge is 0.301 e. The van der Waals surface area contributed by atoms with Crippen LogP contribution in [-0.4, -0.2) is 50.5 Å². The molecule has 3 aromatic rings. The molecule has 2 heterocycles. The molecule has 0 saturated carbocycles. The lowest BCUT2D eigenvalue weighted by atomic mass is 9.98. The van der Waals surface area contributed by atoms with Crippen LogP contribution in [0.1, 0.15) is 27.0 Å². The summed E-state index contributed by atoms with van der Waals surface area (Å²) in [4.78, 5) is 18.4. The quantitative estimate of drug-likeness (QED) is 0.628. The standard InChI is InChI=1S/C21H21FN4O4S/c1-23-31(29,30)26(3)19-15-9-13(8-12-4-6-14(22)7-5-12)10-24-18(15)20(27)17-16(19)11-25(2)21(17)28/h4-7,9-10,23,27H,8,11H2,1-3H3. The molecule has 10 heteroatoms. The van der Waals surface area contributed by atoms with Gasteiger partial charge in [-0.25, -0.2) is 9.11 Å². The highest BCUT2D eigenvalue weighted by molar-refractivity contribution is 7.90. The van der Waals surface area contributed by atoms with Gasteiger partial charge in [0.15, 0.2) is 5.75 Å². The van der Waals surface area contributed by atoms with Crippen LogP contribution < -0.4 is 9.03 Å². The molecule has 0 aliphatic carbocycles. The first-order valence-electron chi connectivity index (χ1n) is 9.47. The number of anilines is 1. The van der Waals surface area contributed by atoms with Gasteiger partial charge in [-0.1, -0.05) is 12.1 Å². The van der Waals surface area contributed by atoms with Crippen LogP contribution in [0.4, 0.5) is 10.1 Å². The minimum Gasteiger partial charge on any atom is -0.505 e. The Labute approximate surface area is 179 Å². The molecular formula is C21H21FN4O4S. The molecule has 162 valence electrons. The second-order valence-corrected chi connectivity index (χ2v) is 9.34. The molecule has 0 spiro atoms. The summed E-state index contributed by atoms with van der Waals surface area (Å²) in [5.74, 6) is -1.01. The number of phenolic OH excluding ortho intramolecular Hbond substituents is 1. The molecule has 0 unspecified atom stereocenters. The summed E-state index contributed by atoms with van der Waals surface area (Å²) in [5, 5.41) is 11.2. The molecule has 1 amide bonds. The number of hydrogen-bond acceptors (Lipinski definition) is 5. The molecule has 4 rings (SSSR count). The number of rotatable bonds is 5. The van der Waals surface area contributed by atoms with Gasteiger partial charge < -0.3 is 10.0 Å². The van der Waals surface area contributed by atoms with Crippen LogP contribution in [0.25, 0.3) is 10.9 Å². The number of phenols is 1. The number of benzene rings is 2. The van der Waals surface area contributed by atoms with E-state index in [0.717, 1.165) is 15.4 Å². The van der Waals surface area contributed by atoms with Crippen molar-refractivity contribution < 1.29 is 22.7 Å². The van der Waals surface area contributed by atoms with Crippen LogP contribution in [0.3, 0.4) is 0 Å². The molecule has 31 heavy (non-hydrogen) atoms. The summed E-state index contributed by atoms with van der Waals surface area (Å²) < 4.78 is 41.7. The van der Waals surface area contributed by atoms with Gasteiger partial charge in [0.25, 0.3) is 5.91 Å². The SMILES string of the molecule is CNS(=O)(=O)N(C)c1c2c(c(O)c3ncc(Cc4ccc(F)cc4)cc13)C(=O)N(C)C2. The van der Waals surface area contributed by atoms with Gasteiger partial charge >= 0.3 is 10.2 Å². The Morgan fingerprint density at radius 3 is 2.58 bits per heavy atom. The molecule has 1 aliphatic heterocycles. The zero-order valence-electron chi connectivity index (χ0n) is 17.2. The summed E-state index contributed by atoms with van der Waals surface area (Å²) in [6, 6.07) is 7.79. The van der Waals surface area contributed by atoms with Gasteiger partial charge in [0.05, 0.1) is 11.3 Å². The number of halogens is 1. The second kappa shape index (κ2) is 7.47. The summed E-state index contributed by atoms with van der Waals surface area (Å²) >= 11 is 0. The molecule has 1 aromatic heterocycles. The summed E-state index contributed by atoms with van der Waals surface area (Å²) in [7, 11) is 0.371. The fraction of sp³-hybridized carbons (Fsp3) is 0.238. The van der Waals surface area contributed by atoms with Crippen molar-refractivity contribution in [3.8, 4) is 5.75 Å². The van der Waals surface area contributed by atoms with Crippen molar-refractivity contribution in [1.82, 2.24) is 14.6 Å². The molecular weight excluding hydrogens is 423 g/mol. The molecule has 0 fully saturated rings. The lowest BCUT2D eigenvalue weighted by Gasteiger charge is -2.23. The Morgan fingerprint density at radius 1 is 1.26 bits per heavy atom. The number of pyridine rings is 1. The maximum Gasteiger partial charge on any atom is 0.301 e. The van der Waals surface area contributed by atoms with Gasteiger partial charge in [-0.2, -0.15) is 8.42 Å². The van der Waals surface area contributed by atoms with E-state index in [9.17, 15) is 22.7 Å². The monoisotopic (exact) mass is 444 g/mol. The largest absolute Gasteiger partial charge is 0.505 e. The van der Waals surface area contributed by atoms with Crippen LogP contribution in [0.5, 0.6) is 5.75 Å². The average molecular weight is 444 g/mol. The summed E-state index contributed by atoms with van der Waals surface area (Å²) in [6.45, 7) is 0.152. The van der Waals surface area contributed by atoms with Crippen molar-refractivity contribution >= 4 is 32.7 Å². The molecule has 0 atom stereocenters. The van der Waals surface area contributed by atoms with Crippen molar-refractivity contribution in [3.63, 3.8) is 0 Å². The molecule has 1 aliphatic rings. The van der Waals surface area contributed by atoms with Crippen molar-refractivity contribution in [3.05, 3.63) is 64.6 Å². The number of carbonyl (C=O) groups is 1. The molecule has 2 N–H and O–H groups in total. The fourth-order valence-electron chi connectivity index (χ4n) is 3.86. The van der Waals surface area contributed by atoms with Crippen LogP contribution in [0.15, 0.2) is 36.5 Å². The zero-order valence-corrected chi connectivity index (χ0v) is 18.0. The fourth-order valence-corrected chi connectivity index (χ4v) is 4.58. The van der Waals surface area contributed by atoms with Gasteiger partial charge in [-0.05, 0) is 35.7 Å². The van der Waals surface area contributed by atoms with Gasteiger partial charge in [0.1, 0.15) is 11.3 Å². The van der Waals surface area contributed by atoms with E-state index in [-0.39, 0.29) is 34.9 Å². The molecule has 0 radical (unpaired) electrons. The van der Waals surface area contributed by atoms with Crippen molar-refractivity contribution in [2.24, 2.45) is 0 Å². The highest BCUT2D eigenvalue weighted by atomic mass is 32.2. The first-order chi connectivity index (χ1) is 14.6. The first kappa shape index (κ1) is 21.0. The molecule has 0 saturated heterocycles. The maximum atomic E-state index is 13.2. The van der Waals surface area contributed by atoms with E-state index in [1.807, 2.05) is 0 Å². The lowest BCUT2D eigenvalue weighted by Crippen LogP contribution is -2.36. The van der Waals surface area contributed by atoms with Crippen molar-refractivity contribution in [2.75, 3.05) is 25.4 Å². The van der Waals surface area contributed by atoms with Gasteiger partial charge in [-0.3, -0.25) is 14.1 Å². The van der Waals surface area contributed by atoms with Crippen LogP contribution >= 0.6 is 0 Å². The summed E-state index contributed by atoms with van der Waals surface area (Å²) in [5.41, 5.74) is 2.48. The number of fused-ring (bicyclic) bond motifs is 2. The lowest BCUT2D eigenvalue weighted by molar-refractivity contribution is 0.0814. The van der Waals surface area contributed by atoms with E-state index in [1.54, 1.807) is 31.4 Å². The topological polar surface area (TPSA) is 103 Å². The van der Waals surface area contributed by atoms with E-state index >= 15 is 0 Å². The second-order valence-electron chi connectivity index (χ2n) is 7.43. The number of nitrogens with one attached hydrogen (secondary N) is 1. The van der Waals surface area contributed by atoms with E-state index < -0.39 is 16.1 Å². The van der Waals surface area contributed by atoms with Crippen molar-refractivity contribution in [2.45, 2.75) is 13.0 Å². The third kappa shape index (κ3) is 3.47. The minimum atomic E-state index is -3.89. The van der Waals surface area contributed by atoms with E-state index in [1.165, 1.54) is 31.1 Å². The number of hydrogen-bond donors (Lipinski definition) is 2. The summed E-state index contributed by atoms with van der Waals surface area (Å²) in [6.07, 6.45) is 1.99. The number of aromatic nitrogens is 1. The Hall–Kier alpha value is -3.24. The van der Waals surface area contributed by atoms with E-state index in [2.05, 4.69) is 9.71 Å². The number of amides is 1. The highest BCUT2D eigenvalue weighted by Gasteiger charge is 2.36. The molecule has 8 nitrogen and oxygen atoms in total. The first-order valence-corrected chi connectivity index (χ1v) is 10.9. The Kier molecular flexibility index (Phi) is 5.06. The van der Waals surface area contributed by atoms with Crippen LogP contribution in [-0.2, 0) is 23.2 Å². The molecule has 2 aromatic carbocycles. The van der Waals surface area contributed by atoms with Crippen molar-refractivity contribution in [1.29, 1.82) is 0 Å². The van der Waals surface area contributed by atoms with Gasteiger partial charge in [0, 0.05) is 44.8 Å². The van der Waals surface area contributed by atoms with E-state index in [0.29, 0.717) is 17.4 Å². The highest BCUT2D eigenvalue weighted by Crippen LogP contribution is 2.44. The molecule has 0 bridgehead atoms. The predicted octanol–water partition coefficient (Wildman–Crippen LogP) is 2.16. The third-order valence-corrected chi connectivity index (χ3v) is 6.88.